The summed E-state index contributed by atoms with van der Waals surface area (Å²) in [6.45, 7) is 5.79. The molecule has 0 aliphatic rings. The first-order valence-electron chi connectivity index (χ1n) is 6.41. The summed E-state index contributed by atoms with van der Waals surface area (Å²) in [6, 6.07) is 8.02. The summed E-state index contributed by atoms with van der Waals surface area (Å²) < 4.78 is 1.04. The van der Waals surface area contributed by atoms with Crippen molar-refractivity contribution in [3.8, 4) is 0 Å². The molecule has 0 saturated heterocycles. The third kappa shape index (κ3) is 5.74. The van der Waals surface area contributed by atoms with Gasteiger partial charge in [-0.1, -0.05) is 35.0 Å². The maximum absolute atomic E-state index is 12.1. The number of rotatable bonds is 5. The second-order valence-electron chi connectivity index (χ2n) is 5.72. The van der Waals surface area contributed by atoms with Gasteiger partial charge in [0, 0.05) is 24.5 Å². The predicted octanol–water partition coefficient (Wildman–Crippen LogP) is 3.17. The molecule has 1 atom stereocenters. The maximum atomic E-state index is 12.1. The van der Waals surface area contributed by atoms with Crippen LogP contribution in [0.4, 0.5) is 0 Å². The van der Waals surface area contributed by atoms with Crippen molar-refractivity contribution in [3.63, 3.8) is 0 Å². The summed E-state index contributed by atoms with van der Waals surface area (Å²) in [7, 11) is 1.73. The standard InChI is InChI=1S/C15H22BrNO2/c1-11(12-5-7-13(16)8-6-12)9-14(18)17(4)10-15(2,3)19/h5-8,11,19H,9-10H2,1-4H3. The zero-order valence-corrected chi connectivity index (χ0v) is 13.6. The minimum atomic E-state index is -0.856. The van der Waals surface area contributed by atoms with Crippen LogP contribution in [0.25, 0.3) is 0 Å². The van der Waals surface area contributed by atoms with Gasteiger partial charge in [-0.3, -0.25) is 4.79 Å². The lowest BCUT2D eigenvalue weighted by Crippen LogP contribution is -2.40. The van der Waals surface area contributed by atoms with Gasteiger partial charge in [-0.15, -0.1) is 0 Å². The molecule has 0 bridgehead atoms. The highest BCUT2D eigenvalue weighted by atomic mass is 79.9. The van der Waals surface area contributed by atoms with E-state index in [2.05, 4.69) is 15.9 Å². The van der Waals surface area contributed by atoms with Crippen LogP contribution in [-0.2, 0) is 4.79 Å². The average molecular weight is 328 g/mol. The van der Waals surface area contributed by atoms with Crippen LogP contribution in [0.5, 0.6) is 0 Å². The number of carbonyl (C=O) groups is 1. The Bertz CT molecular complexity index is 423. The maximum Gasteiger partial charge on any atom is 0.223 e. The van der Waals surface area contributed by atoms with E-state index in [-0.39, 0.29) is 11.8 Å². The van der Waals surface area contributed by atoms with E-state index in [4.69, 9.17) is 0 Å². The van der Waals surface area contributed by atoms with Crippen LogP contribution < -0.4 is 0 Å². The molecular weight excluding hydrogens is 306 g/mol. The van der Waals surface area contributed by atoms with E-state index in [9.17, 15) is 9.90 Å². The van der Waals surface area contributed by atoms with Crippen molar-refractivity contribution >= 4 is 21.8 Å². The van der Waals surface area contributed by atoms with Crippen molar-refractivity contribution in [3.05, 3.63) is 34.3 Å². The third-order valence-electron chi connectivity index (χ3n) is 2.97. The summed E-state index contributed by atoms with van der Waals surface area (Å²) in [5.74, 6) is 0.224. The molecule has 0 aromatic heterocycles. The molecule has 3 nitrogen and oxygen atoms in total. The predicted molar refractivity (Wildman–Crippen MR) is 81.1 cm³/mol. The Balaban J connectivity index is 2.59. The zero-order chi connectivity index (χ0) is 14.6. The molecule has 4 heteroatoms. The van der Waals surface area contributed by atoms with Crippen LogP contribution in [0.1, 0.15) is 38.7 Å². The van der Waals surface area contributed by atoms with Crippen molar-refractivity contribution in [2.24, 2.45) is 0 Å². The number of aliphatic hydroxyl groups is 1. The largest absolute Gasteiger partial charge is 0.389 e. The van der Waals surface area contributed by atoms with Crippen molar-refractivity contribution in [1.29, 1.82) is 0 Å². The normalized spacial score (nSPS) is 13.2. The lowest BCUT2D eigenvalue weighted by Gasteiger charge is -2.26. The van der Waals surface area contributed by atoms with E-state index in [1.807, 2.05) is 31.2 Å². The third-order valence-corrected chi connectivity index (χ3v) is 3.50. The Morgan fingerprint density at radius 3 is 2.37 bits per heavy atom. The summed E-state index contributed by atoms with van der Waals surface area (Å²) >= 11 is 3.40. The quantitative estimate of drug-likeness (QED) is 0.902. The summed E-state index contributed by atoms with van der Waals surface area (Å²) in [5.41, 5.74) is 0.291. The molecule has 1 N–H and O–H groups in total. The smallest absolute Gasteiger partial charge is 0.223 e. The van der Waals surface area contributed by atoms with E-state index in [1.54, 1.807) is 25.8 Å². The van der Waals surface area contributed by atoms with Gasteiger partial charge in [-0.05, 0) is 37.5 Å². The molecule has 0 heterocycles. The monoisotopic (exact) mass is 327 g/mol. The van der Waals surface area contributed by atoms with Crippen LogP contribution in [-0.4, -0.2) is 35.1 Å². The molecule has 1 unspecified atom stereocenters. The Labute approximate surface area is 123 Å². The number of amides is 1. The Kier molecular flexibility index (Phi) is 5.56. The Morgan fingerprint density at radius 2 is 1.89 bits per heavy atom. The topological polar surface area (TPSA) is 40.5 Å². The molecule has 0 fully saturated rings. The van der Waals surface area contributed by atoms with Gasteiger partial charge in [0.25, 0.3) is 0 Å². The fraction of sp³-hybridized carbons (Fsp3) is 0.533. The fourth-order valence-electron chi connectivity index (χ4n) is 2.00. The molecule has 0 saturated carbocycles. The number of likely N-dealkylation sites (N-methyl/N-ethyl adjacent to an activating group) is 1. The number of carbonyl (C=O) groups excluding carboxylic acids is 1. The number of benzene rings is 1. The Morgan fingerprint density at radius 1 is 1.37 bits per heavy atom. The molecule has 19 heavy (non-hydrogen) atoms. The van der Waals surface area contributed by atoms with Crippen LogP contribution in [0.15, 0.2) is 28.7 Å². The van der Waals surface area contributed by atoms with Crippen LogP contribution in [0.2, 0.25) is 0 Å². The van der Waals surface area contributed by atoms with E-state index in [0.29, 0.717) is 13.0 Å². The van der Waals surface area contributed by atoms with Crippen molar-refractivity contribution < 1.29 is 9.90 Å². The lowest BCUT2D eigenvalue weighted by molar-refractivity contribution is -0.132. The van der Waals surface area contributed by atoms with Gasteiger partial charge < -0.3 is 10.0 Å². The van der Waals surface area contributed by atoms with E-state index >= 15 is 0 Å². The molecule has 1 rings (SSSR count). The number of nitrogens with zero attached hydrogens (tertiary/aromatic N) is 1. The second kappa shape index (κ2) is 6.53. The van der Waals surface area contributed by atoms with Gasteiger partial charge in [0.2, 0.25) is 5.91 Å². The van der Waals surface area contributed by atoms with E-state index in [0.717, 1.165) is 10.0 Å². The summed E-state index contributed by atoms with van der Waals surface area (Å²) in [6.07, 6.45) is 0.453. The van der Waals surface area contributed by atoms with Gasteiger partial charge in [-0.2, -0.15) is 0 Å². The molecule has 1 aromatic carbocycles. The first-order valence-corrected chi connectivity index (χ1v) is 7.20. The fourth-order valence-corrected chi connectivity index (χ4v) is 2.26. The minimum Gasteiger partial charge on any atom is -0.389 e. The van der Waals surface area contributed by atoms with Crippen LogP contribution in [0.3, 0.4) is 0 Å². The zero-order valence-electron chi connectivity index (χ0n) is 12.0. The van der Waals surface area contributed by atoms with Gasteiger partial charge in [0.05, 0.1) is 5.60 Å². The molecular formula is C15H22BrNO2. The van der Waals surface area contributed by atoms with Gasteiger partial charge in [-0.25, -0.2) is 0 Å². The van der Waals surface area contributed by atoms with Crippen molar-refractivity contribution in [2.45, 2.75) is 38.7 Å². The van der Waals surface area contributed by atoms with Crippen molar-refractivity contribution in [1.82, 2.24) is 4.90 Å². The first kappa shape index (κ1) is 16.2. The SMILES string of the molecule is CC(CC(=O)N(C)CC(C)(C)O)c1ccc(Br)cc1. The van der Waals surface area contributed by atoms with Gasteiger partial charge in [0.1, 0.15) is 0 Å². The number of hydrogen-bond donors (Lipinski definition) is 1. The Hall–Kier alpha value is -0.870. The van der Waals surface area contributed by atoms with Gasteiger partial charge in [0.15, 0.2) is 0 Å². The average Bonchev–Trinajstić information content (AvgIpc) is 2.27. The highest BCUT2D eigenvalue weighted by Crippen LogP contribution is 2.22. The highest BCUT2D eigenvalue weighted by molar-refractivity contribution is 9.10. The summed E-state index contributed by atoms with van der Waals surface area (Å²) in [5, 5.41) is 9.72. The van der Waals surface area contributed by atoms with Crippen LogP contribution in [0, 0.1) is 0 Å². The molecule has 106 valence electrons. The molecule has 0 aliphatic carbocycles. The number of hydrogen-bond acceptors (Lipinski definition) is 2. The minimum absolute atomic E-state index is 0.0533. The van der Waals surface area contributed by atoms with Crippen LogP contribution >= 0.6 is 15.9 Å². The molecule has 0 aliphatic heterocycles. The second-order valence-corrected chi connectivity index (χ2v) is 6.63. The molecule has 1 amide bonds. The lowest BCUT2D eigenvalue weighted by atomic mass is 9.97. The van der Waals surface area contributed by atoms with Crippen molar-refractivity contribution in [2.75, 3.05) is 13.6 Å². The molecule has 0 spiro atoms. The van der Waals surface area contributed by atoms with Gasteiger partial charge >= 0.3 is 0 Å². The molecule has 0 radical (unpaired) electrons. The molecule has 1 aromatic rings. The highest BCUT2D eigenvalue weighted by Gasteiger charge is 2.21. The number of halogens is 1. The summed E-state index contributed by atoms with van der Waals surface area (Å²) in [4.78, 5) is 13.7. The van der Waals surface area contributed by atoms with E-state index < -0.39 is 5.60 Å². The van der Waals surface area contributed by atoms with E-state index in [1.165, 1.54) is 0 Å². The first-order chi connectivity index (χ1) is 8.69.